The fourth-order valence-corrected chi connectivity index (χ4v) is 3.00. The Bertz CT molecular complexity index is 399. The van der Waals surface area contributed by atoms with Crippen LogP contribution in [0.25, 0.3) is 0 Å². The summed E-state index contributed by atoms with van der Waals surface area (Å²) in [5, 5.41) is 0. The maximum Gasteiger partial charge on any atom is 0.136 e. The summed E-state index contributed by atoms with van der Waals surface area (Å²) in [6.07, 6.45) is 3.89. The van der Waals surface area contributed by atoms with Crippen LogP contribution in [0.3, 0.4) is 0 Å². The second kappa shape index (κ2) is 5.03. The number of carbonyl (C=O) groups excluding carboxylic acids is 1. The summed E-state index contributed by atoms with van der Waals surface area (Å²) in [6.45, 7) is 6.52. The molecule has 1 fully saturated rings. The second-order valence-corrected chi connectivity index (χ2v) is 5.74. The molecule has 1 aromatic rings. The van der Waals surface area contributed by atoms with Gasteiger partial charge in [0.1, 0.15) is 5.78 Å². The first-order valence-corrected chi connectivity index (χ1v) is 6.64. The lowest BCUT2D eigenvalue weighted by Crippen LogP contribution is -2.25. The average Bonchev–Trinajstić information content (AvgIpc) is 2.22. The lowest BCUT2D eigenvalue weighted by Gasteiger charge is -2.25. The van der Waals surface area contributed by atoms with Gasteiger partial charge in [-0.2, -0.15) is 0 Å². The highest BCUT2D eigenvalue weighted by Crippen LogP contribution is 2.28. The molecule has 0 saturated heterocycles. The minimum atomic E-state index is 0.264. The van der Waals surface area contributed by atoms with Gasteiger partial charge in [0.2, 0.25) is 0 Å². The molecule has 0 bridgehead atoms. The van der Waals surface area contributed by atoms with Crippen molar-refractivity contribution in [3.63, 3.8) is 0 Å². The van der Waals surface area contributed by atoms with Crippen molar-refractivity contribution in [2.75, 3.05) is 0 Å². The summed E-state index contributed by atoms with van der Waals surface area (Å²) in [5.74, 6) is 1.45. The van der Waals surface area contributed by atoms with Crippen LogP contribution in [-0.4, -0.2) is 5.78 Å². The Morgan fingerprint density at radius 1 is 1.18 bits per heavy atom. The Morgan fingerprint density at radius 2 is 1.82 bits per heavy atom. The molecule has 2 rings (SSSR count). The zero-order valence-electron chi connectivity index (χ0n) is 11.1. The number of hydrogen-bond donors (Lipinski definition) is 0. The first-order chi connectivity index (χ1) is 8.04. The van der Waals surface area contributed by atoms with E-state index in [1.54, 1.807) is 0 Å². The van der Waals surface area contributed by atoms with Crippen LogP contribution >= 0.6 is 0 Å². The predicted molar refractivity (Wildman–Crippen MR) is 71.1 cm³/mol. The summed E-state index contributed by atoms with van der Waals surface area (Å²) < 4.78 is 0. The van der Waals surface area contributed by atoms with Crippen LogP contribution in [0.1, 0.15) is 42.9 Å². The Morgan fingerprint density at radius 3 is 2.47 bits per heavy atom. The first-order valence-electron chi connectivity index (χ1n) is 6.64. The predicted octanol–water partition coefficient (Wildman–Crippen LogP) is 3.85. The lowest BCUT2D eigenvalue weighted by atomic mass is 9.78. The van der Waals surface area contributed by atoms with Crippen molar-refractivity contribution in [1.29, 1.82) is 0 Å². The van der Waals surface area contributed by atoms with E-state index in [4.69, 9.17) is 0 Å². The highest BCUT2D eigenvalue weighted by atomic mass is 16.1. The molecule has 0 aliphatic heterocycles. The van der Waals surface area contributed by atoms with E-state index in [0.29, 0.717) is 11.7 Å². The molecule has 1 nitrogen and oxygen atoms in total. The van der Waals surface area contributed by atoms with E-state index in [9.17, 15) is 4.79 Å². The van der Waals surface area contributed by atoms with E-state index >= 15 is 0 Å². The van der Waals surface area contributed by atoms with Gasteiger partial charge in [-0.1, -0.05) is 36.2 Å². The smallest absolute Gasteiger partial charge is 0.136 e. The Kier molecular flexibility index (Phi) is 3.66. The zero-order chi connectivity index (χ0) is 12.4. The number of aryl methyl sites for hydroxylation is 2. The Hall–Kier alpha value is -1.11. The van der Waals surface area contributed by atoms with Crippen molar-refractivity contribution in [3.8, 4) is 0 Å². The van der Waals surface area contributed by atoms with Gasteiger partial charge in [-0.3, -0.25) is 4.79 Å². The van der Waals surface area contributed by atoms with Crippen LogP contribution in [0.5, 0.6) is 0 Å². The Labute approximate surface area is 104 Å². The molecule has 92 valence electrons. The van der Waals surface area contributed by atoms with E-state index < -0.39 is 0 Å². The number of benzene rings is 1. The summed E-state index contributed by atoms with van der Waals surface area (Å²) in [5.41, 5.74) is 3.93. The molecular weight excluding hydrogens is 208 g/mol. The van der Waals surface area contributed by atoms with Crippen LogP contribution in [0.15, 0.2) is 18.2 Å². The first kappa shape index (κ1) is 12.3. The molecule has 0 spiro atoms. The lowest BCUT2D eigenvalue weighted by molar-refractivity contribution is -0.125. The van der Waals surface area contributed by atoms with E-state index in [-0.39, 0.29) is 5.92 Å². The molecule has 1 aromatic carbocycles. The van der Waals surface area contributed by atoms with Crippen molar-refractivity contribution in [2.24, 2.45) is 11.8 Å². The molecule has 1 aliphatic carbocycles. The maximum absolute atomic E-state index is 11.9. The minimum absolute atomic E-state index is 0.264. The summed E-state index contributed by atoms with van der Waals surface area (Å²) in [4.78, 5) is 11.9. The summed E-state index contributed by atoms with van der Waals surface area (Å²) >= 11 is 0. The third-order valence-electron chi connectivity index (χ3n) is 3.79. The standard InChI is InChI=1S/C16H22O/c1-11-4-5-16(17)15(9-11)10-14-7-12(2)6-13(3)8-14/h6-8,11,15H,4-5,9-10H2,1-3H3. The molecular formula is C16H22O. The average molecular weight is 230 g/mol. The third-order valence-corrected chi connectivity index (χ3v) is 3.79. The molecule has 1 aliphatic rings. The normalized spacial score (nSPS) is 25.0. The zero-order valence-corrected chi connectivity index (χ0v) is 11.1. The number of Topliss-reactive ketones (excluding diaryl/α,β-unsaturated/α-hetero) is 1. The molecule has 17 heavy (non-hydrogen) atoms. The monoisotopic (exact) mass is 230 g/mol. The highest BCUT2D eigenvalue weighted by Gasteiger charge is 2.26. The summed E-state index contributed by atoms with van der Waals surface area (Å²) in [6, 6.07) is 6.63. The van der Waals surface area contributed by atoms with E-state index in [1.807, 2.05) is 0 Å². The SMILES string of the molecule is Cc1cc(C)cc(CC2CC(C)CCC2=O)c1. The van der Waals surface area contributed by atoms with E-state index in [0.717, 1.165) is 25.7 Å². The van der Waals surface area contributed by atoms with Crippen LogP contribution in [0.4, 0.5) is 0 Å². The van der Waals surface area contributed by atoms with Gasteiger partial charge in [0, 0.05) is 12.3 Å². The molecule has 2 unspecified atom stereocenters. The molecule has 0 radical (unpaired) electrons. The van der Waals surface area contributed by atoms with Gasteiger partial charge in [0.15, 0.2) is 0 Å². The number of rotatable bonds is 2. The second-order valence-electron chi connectivity index (χ2n) is 5.74. The number of carbonyl (C=O) groups is 1. The van der Waals surface area contributed by atoms with Gasteiger partial charge >= 0.3 is 0 Å². The molecule has 0 aromatic heterocycles. The minimum Gasteiger partial charge on any atom is -0.299 e. The van der Waals surface area contributed by atoms with Crippen molar-refractivity contribution in [1.82, 2.24) is 0 Å². The van der Waals surface area contributed by atoms with Crippen molar-refractivity contribution in [3.05, 3.63) is 34.9 Å². The van der Waals surface area contributed by atoms with Gasteiger partial charge in [-0.15, -0.1) is 0 Å². The van der Waals surface area contributed by atoms with E-state index in [2.05, 4.69) is 39.0 Å². The van der Waals surface area contributed by atoms with Crippen molar-refractivity contribution in [2.45, 2.75) is 46.5 Å². The quantitative estimate of drug-likeness (QED) is 0.754. The van der Waals surface area contributed by atoms with Gasteiger partial charge in [0.05, 0.1) is 0 Å². The fourth-order valence-electron chi connectivity index (χ4n) is 3.00. The van der Waals surface area contributed by atoms with Gasteiger partial charge in [-0.25, -0.2) is 0 Å². The number of ketones is 1. The van der Waals surface area contributed by atoms with Crippen molar-refractivity contribution < 1.29 is 4.79 Å². The van der Waals surface area contributed by atoms with Gasteiger partial charge < -0.3 is 0 Å². The molecule has 2 atom stereocenters. The molecule has 0 amide bonds. The van der Waals surface area contributed by atoms with E-state index in [1.165, 1.54) is 16.7 Å². The van der Waals surface area contributed by atoms with Gasteiger partial charge in [-0.05, 0) is 44.6 Å². The molecule has 0 heterocycles. The van der Waals surface area contributed by atoms with Crippen molar-refractivity contribution >= 4 is 5.78 Å². The van der Waals surface area contributed by atoms with Crippen LogP contribution in [0.2, 0.25) is 0 Å². The van der Waals surface area contributed by atoms with Crippen LogP contribution in [0, 0.1) is 25.7 Å². The largest absolute Gasteiger partial charge is 0.299 e. The van der Waals surface area contributed by atoms with Gasteiger partial charge in [0.25, 0.3) is 0 Å². The fraction of sp³-hybridized carbons (Fsp3) is 0.562. The van der Waals surface area contributed by atoms with Crippen LogP contribution < -0.4 is 0 Å². The Balaban J connectivity index is 2.11. The maximum atomic E-state index is 11.9. The third kappa shape index (κ3) is 3.18. The van der Waals surface area contributed by atoms with Crippen LogP contribution in [-0.2, 0) is 11.2 Å². The number of hydrogen-bond acceptors (Lipinski definition) is 1. The molecule has 0 N–H and O–H groups in total. The topological polar surface area (TPSA) is 17.1 Å². The highest BCUT2D eigenvalue weighted by molar-refractivity contribution is 5.82. The molecule has 1 saturated carbocycles. The summed E-state index contributed by atoms with van der Waals surface area (Å²) in [7, 11) is 0. The molecule has 1 heteroatoms.